The Hall–Kier alpha value is -4.12. The van der Waals surface area contributed by atoms with Gasteiger partial charge in [-0.25, -0.2) is 9.80 Å². The highest BCUT2D eigenvalue weighted by Crippen LogP contribution is 2.34. The van der Waals surface area contributed by atoms with Crippen LogP contribution in [0.5, 0.6) is 5.75 Å². The summed E-state index contributed by atoms with van der Waals surface area (Å²) in [6.45, 7) is 1.51. The molecular formula is C26H22N2O3. The molecular weight excluding hydrogens is 388 g/mol. The third-order valence-electron chi connectivity index (χ3n) is 4.92. The summed E-state index contributed by atoms with van der Waals surface area (Å²) in [6.07, 6.45) is 5.07. The van der Waals surface area contributed by atoms with Crippen LogP contribution in [0.25, 0.3) is 11.8 Å². The van der Waals surface area contributed by atoms with Crippen molar-refractivity contribution in [3.8, 4) is 5.75 Å². The van der Waals surface area contributed by atoms with Gasteiger partial charge in [-0.2, -0.15) is 0 Å². The van der Waals surface area contributed by atoms with Crippen molar-refractivity contribution >= 4 is 23.6 Å². The fraction of sp³-hybridized carbons (Fsp3) is 0.0769. The SMILES string of the molecule is CC(=O)N1NC(c2ccccc2OC(=O)/C=C/c2ccccc2)=C[C@@H]1c1ccccc1. The monoisotopic (exact) mass is 410 g/mol. The highest BCUT2D eigenvalue weighted by atomic mass is 16.5. The second-order valence-electron chi connectivity index (χ2n) is 7.10. The molecule has 0 aromatic heterocycles. The molecule has 0 bridgehead atoms. The van der Waals surface area contributed by atoms with Crippen LogP contribution in [-0.2, 0) is 9.59 Å². The van der Waals surface area contributed by atoms with E-state index in [9.17, 15) is 9.59 Å². The van der Waals surface area contributed by atoms with Gasteiger partial charge in [-0.05, 0) is 35.4 Å². The van der Waals surface area contributed by atoms with E-state index in [1.165, 1.54) is 13.0 Å². The molecule has 1 amide bonds. The molecule has 5 nitrogen and oxygen atoms in total. The van der Waals surface area contributed by atoms with Crippen LogP contribution < -0.4 is 10.2 Å². The van der Waals surface area contributed by atoms with Crippen molar-refractivity contribution in [2.24, 2.45) is 0 Å². The summed E-state index contributed by atoms with van der Waals surface area (Å²) >= 11 is 0. The van der Waals surface area contributed by atoms with E-state index >= 15 is 0 Å². The lowest BCUT2D eigenvalue weighted by Crippen LogP contribution is -2.37. The predicted molar refractivity (Wildman–Crippen MR) is 120 cm³/mol. The minimum Gasteiger partial charge on any atom is -0.423 e. The molecule has 4 rings (SSSR count). The summed E-state index contributed by atoms with van der Waals surface area (Å²) in [5.41, 5.74) is 6.47. The number of carbonyl (C=O) groups excluding carboxylic acids is 2. The number of carbonyl (C=O) groups is 2. The molecule has 0 spiro atoms. The number of rotatable bonds is 5. The van der Waals surface area contributed by atoms with Crippen LogP contribution in [-0.4, -0.2) is 16.9 Å². The molecule has 3 aromatic rings. The molecule has 3 aromatic carbocycles. The predicted octanol–water partition coefficient (Wildman–Crippen LogP) is 4.75. The topological polar surface area (TPSA) is 58.6 Å². The number of benzene rings is 3. The minimum absolute atomic E-state index is 0.111. The third kappa shape index (κ3) is 4.73. The van der Waals surface area contributed by atoms with E-state index in [0.29, 0.717) is 17.0 Å². The Labute approximate surface area is 181 Å². The number of hydrogen-bond acceptors (Lipinski definition) is 4. The Bertz CT molecular complexity index is 1140. The van der Waals surface area contributed by atoms with Crippen molar-refractivity contribution in [3.63, 3.8) is 0 Å². The van der Waals surface area contributed by atoms with Crippen molar-refractivity contribution in [2.45, 2.75) is 13.0 Å². The molecule has 0 unspecified atom stereocenters. The smallest absolute Gasteiger partial charge is 0.336 e. The Balaban J connectivity index is 1.58. The normalized spacial score (nSPS) is 15.5. The van der Waals surface area contributed by atoms with E-state index in [4.69, 9.17) is 4.74 Å². The molecule has 0 aliphatic carbocycles. The molecule has 0 saturated carbocycles. The van der Waals surface area contributed by atoms with Crippen molar-refractivity contribution in [3.05, 3.63) is 114 Å². The summed E-state index contributed by atoms with van der Waals surface area (Å²) in [4.78, 5) is 24.6. The van der Waals surface area contributed by atoms with Gasteiger partial charge in [-0.15, -0.1) is 0 Å². The molecule has 1 aliphatic heterocycles. The number of ether oxygens (including phenoxy) is 1. The average molecular weight is 410 g/mol. The maximum absolute atomic E-state index is 12.4. The molecule has 0 fully saturated rings. The zero-order valence-corrected chi connectivity index (χ0v) is 17.1. The Morgan fingerprint density at radius 2 is 1.55 bits per heavy atom. The van der Waals surface area contributed by atoms with Gasteiger partial charge < -0.3 is 4.74 Å². The van der Waals surface area contributed by atoms with Gasteiger partial charge in [0.1, 0.15) is 5.75 Å². The van der Waals surface area contributed by atoms with Crippen molar-refractivity contribution < 1.29 is 14.3 Å². The summed E-state index contributed by atoms with van der Waals surface area (Å²) in [6, 6.07) is 26.3. The molecule has 1 aliphatic rings. The number of para-hydroxylation sites is 1. The number of nitrogens with one attached hydrogen (secondary N) is 1. The van der Waals surface area contributed by atoms with Gasteiger partial charge in [0, 0.05) is 18.6 Å². The van der Waals surface area contributed by atoms with E-state index in [-0.39, 0.29) is 11.9 Å². The Morgan fingerprint density at radius 3 is 2.26 bits per heavy atom. The van der Waals surface area contributed by atoms with Crippen molar-refractivity contribution in [2.75, 3.05) is 0 Å². The Morgan fingerprint density at radius 1 is 0.903 bits per heavy atom. The lowest BCUT2D eigenvalue weighted by Gasteiger charge is -2.24. The molecule has 1 atom stereocenters. The second-order valence-corrected chi connectivity index (χ2v) is 7.10. The van der Waals surface area contributed by atoms with Gasteiger partial charge in [0.2, 0.25) is 5.91 Å². The molecule has 0 saturated heterocycles. The first-order valence-electron chi connectivity index (χ1n) is 9.99. The number of amides is 1. The first-order valence-corrected chi connectivity index (χ1v) is 9.99. The number of nitrogens with zero attached hydrogens (tertiary/aromatic N) is 1. The number of hydrogen-bond donors (Lipinski definition) is 1. The van der Waals surface area contributed by atoms with Crippen LogP contribution in [0.2, 0.25) is 0 Å². The summed E-state index contributed by atoms with van der Waals surface area (Å²) in [5, 5.41) is 1.57. The summed E-state index contributed by atoms with van der Waals surface area (Å²) in [7, 11) is 0. The van der Waals surface area contributed by atoms with E-state index < -0.39 is 5.97 Å². The highest BCUT2D eigenvalue weighted by Gasteiger charge is 2.29. The molecule has 0 radical (unpaired) electrons. The lowest BCUT2D eigenvalue weighted by molar-refractivity contribution is -0.132. The zero-order valence-electron chi connectivity index (χ0n) is 17.1. The minimum atomic E-state index is -0.474. The summed E-state index contributed by atoms with van der Waals surface area (Å²) < 4.78 is 5.61. The standard InChI is InChI=1S/C26H22N2O3/c1-19(29)28-24(21-12-6-3-7-13-21)18-23(27-28)22-14-8-9-15-25(22)31-26(30)17-16-20-10-4-2-5-11-20/h2-18,24,27H,1H3/b17-16+/t24-/m1/s1. The van der Waals surface area contributed by atoms with Crippen LogP contribution in [0.4, 0.5) is 0 Å². The van der Waals surface area contributed by atoms with Crippen molar-refractivity contribution in [1.29, 1.82) is 0 Å². The van der Waals surface area contributed by atoms with E-state index in [2.05, 4.69) is 5.43 Å². The molecule has 1 heterocycles. The van der Waals surface area contributed by atoms with Crippen LogP contribution in [0.1, 0.15) is 29.7 Å². The molecule has 1 N–H and O–H groups in total. The van der Waals surface area contributed by atoms with Gasteiger partial charge in [0.05, 0.1) is 11.7 Å². The lowest BCUT2D eigenvalue weighted by atomic mass is 10.0. The van der Waals surface area contributed by atoms with Gasteiger partial charge in [0.25, 0.3) is 0 Å². The number of esters is 1. The highest BCUT2D eigenvalue weighted by molar-refractivity contribution is 5.90. The van der Waals surface area contributed by atoms with E-state index in [0.717, 1.165) is 11.1 Å². The van der Waals surface area contributed by atoms with Crippen LogP contribution in [0.3, 0.4) is 0 Å². The van der Waals surface area contributed by atoms with E-state index in [1.807, 2.05) is 78.9 Å². The fourth-order valence-electron chi connectivity index (χ4n) is 3.44. The average Bonchev–Trinajstić information content (AvgIpc) is 3.25. The third-order valence-corrected chi connectivity index (χ3v) is 4.92. The van der Waals surface area contributed by atoms with Gasteiger partial charge in [-0.1, -0.05) is 72.8 Å². The molecule has 154 valence electrons. The first kappa shape index (κ1) is 20.2. The zero-order chi connectivity index (χ0) is 21.6. The maximum Gasteiger partial charge on any atom is 0.336 e. The largest absolute Gasteiger partial charge is 0.423 e. The van der Waals surface area contributed by atoms with Gasteiger partial charge in [-0.3, -0.25) is 10.2 Å². The van der Waals surface area contributed by atoms with Gasteiger partial charge >= 0.3 is 5.97 Å². The first-order chi connectivity index (χ1) is 15.1. The van der Waals surface area contributed by atoms with Crippen LogP contribution in [0, 0.1) is 0 Å². The molecule has 31 heavy (non-hydrogen) atoms. The molecule has 5 heteroatoms. The van der Waals surface area contributed by atoms with E-state index in [1.54, 1.807) is 23.2 Å². The Kier molecular flexibility index (Phi) is 5.94. The fourth-order valence-corrected chi connectivity index (χ4v) is 3.44. The summed E-state index contributed by atoms with van der Waals surface area (Å²) in [5.74, 6) is -0.167. The quantitative estimate of drug-likeness (QED) is 0.375. The maximum atomic E-state index is 12.4. The number of hydrazine groups is 1. The van der Waals surface area contributed by atoms with Crippen molar-refractivity contribution in [1.82, 2.24) is 10.4 Å². The van der Waals surface area contributed by atoms with Crippen LogP contribution in [0.15, 0.2) is 97.1 Å². The van der Waals surface area contributed by atoms with Crippen LogP contribution >= 0.6 is 0 Å². The van der Waals surface area contributed by atoms with Gasteiger partial charge in [0.15, 0.2) is 0 Å². The second kappa shape index (κ2) is 9.13.